The lowest BCUT2D eigenvalue weighted by molar-refractivity contribution is -0.384. The second-order valence-electron chi connectivity index (χ2n) is 4.18. The minimum atomic E-state index is -0.520. The van der Waals surface area contributed by atoms with E-state index < -0.39 is 4.92 Å². The quantitative estimate of drug-likeness (QED) is 0.636. The van der Waals surface area contributed by atoms with Gasteiger partial charge >= 0.3 is 0 Å². The second-order valence-corrected chi connectivity index (χ2v) is 4.18. The Hall–Kier alpha value is -2.24. The molecular formula is C17H27N3O3. The first kappa shape index (κ1) is 20.8. The smallest absolute Gasteiger partial charge is 0.270 e. The van der Waals surface area contributed by atoms with Gasteiger partial charge in [-0.1, -0.05) is 41.5 Å². The molecule has 0 amide bonds. The fourth-order valence-electron chi connectivity index (χ4n) is 1.81. The highest BCUT2D eigenvalue weighted by Gasteiger charge is 2.26. The number of non-ortho nitro benzene ring substituents is 1. The summed E-state index contributed by atoms with van der Waals surface area (Å²) in [5.74, 6) is 1.04. The van der Waals surface area contributed by atoms with E-state index in [0.717, 1.165) is 12.8 Å². The molecule has 6 nitrogen and oxygen atoms in total. The molecule has 1 aromatic carbocycles. The van der Waals surface area contributed by atoms with Gasteiger partial charge in [-0.15, -0.1) is 0 Å². The topological polar surface area (TPSA) is 88.9 Å². The van der Waals surface area contributed by atoms with E-state index in [4.69, 9.17) is 0 Å². The molecule has 0 spiro atoms. The number of nitro groups is 1. The van der Waals surface area contributed by atoms with Crippen LogP contribution >= 0.6 is 0 Å². The van der Waals surface area contributed by atoms with Gasteiger partial charge < -0.3 is 4.98 Å². The van der Waals surface area contributed by atoms with Gasteiger partial charge in [0.15, 0.2) is 0 Å². The lowest BCUT2D eigenvalue weighted by Gasteiger charge is -2.00. The minimum absolute atomic E-state index is 0.0935. The Morgan fingerprint density at radius 1 is 1.13 bits per heavy atom. The normalized spacial score (nSPS) is 11.9. The van der Waals surface area contributed by atoms with E-state index in [1.165, 1.54) is 18.2 Å². The van der Waals surface area contributed by atoms with Crippen LogP contribution in [0.4, 0.5) is 5.69 Å². The zero-order valence-corrected chi connectivity index (χ0v) is 14.8. The number of fused-ring (bicyclic) bond motifs is 1. The monoisotopic (exact) mass is 321 g/mol. The maximum absolute atomic E-state index is 11.8. The van der Waals surface area contributed by atoms with Crippen LogP contribution in [0.5, 0.6) is 0 Å². The van der Waals surface area contributed by atoms with Crippen molar-refractivity contribution in [2.75, 3.05) is 0 Å². The van der Waals surface area contributed by atoms with Gasteiger partial charge in [0.05, 0.1) is 15.8 Å². The van der Waals surface area contributed by atoms with Crippen LogP contribution in [0.2, 0.25) is 0 Å². The first-order chi connectivity index (χ1) is 11.1. The molecule has 1 heterocycles. The van der Waals surface area contributed by atoms with Gasteiger partial charge in [-0.3, -0.25) is 14.9 Å². The summed E-state index contributed by atoms with van der Waals surface area (Å²) < 4.78 is 0. The van der Waals surface area contributed by atoms with Crippen LogP contribution < -0.4 is 5.56 Å². The highest BCUT2D eigenvalue weighted by molar-refractivity contribution is 5.80. The van der Waals surface area contributed by atoms with Gasteiger partial charge in [0.25, 0.3) is 11.2 Å². The van der Waals surface area contributed by atoms with Gasteiger partial charge in [0.2, 0.25) is 0 Å². The largest absolute Gasteiger partial charge is 0.310 e. The van der Waals surface area contributed by atoms with Crippen molar-refractivity contribution in [3.8, 4) is 0 Å². The van der Waals surface area contributed by atoms with Crippen molar-refractivity contribution in [2.45, 2.75) is 60.3 Å². The molecule has 0 atom stereocenters. The van der Waals surface area contributed by atoms with Gasteiger partial charge in [-0.2, -0.15) is 0 Å². The molecule has 1 aromatic heterocycles. The molecule has 0 unspecified atom stereocenters. The summed E-state index contributed by atoms with van der Waals surface area (Å²) in [6.45, 7) is 12.0. The number of H-pyrrole nitrogens is 1. The van der Waals surface area contributed by atoms with E-state index in [9.17, 15) is 14.9 Å². The molecule has 1 saturated carbocycles. The number of nitro benzene ring substituents is 1. The fraction of sp³-hybridized carbons (Fsp3) is 0.529. The third kappa shape index (κ3) is 5.47. The molecule has 1 fully saturated rings. The number of nitrogens with one attached hydrogen (secondary N) is 1. The Labute approximate surface area is 137 Å². The van der Waals surface area contributed by atoms with E-state index in [0.29, 0.717) is 17.3 Å². The maximum Gasteiger partial charge on any atom is 0.270 e. The predicted octanol–water partition coefficient (Wildman–Crippen LogP) is 4.79. The van der Waals surface area contributed by atoms with Crippen LogP contribution in [0, 0.1) is 10.1 Å². The zero-order valence-electron chi connectivity index (χ0n) is 14.8. The van der Waals surface area contributed by atoms with Crippen molar-refractivity contribution in [1.82, 2.24) is 9.97 Å². The SMILES string of the molecule is CC.CC.CC.O=c1[nH]c(C2CC2)nc2ccc([N+](=O)[O-])cc12. The van der Waals surface area contributed by atoms with Crippen LogP contribution in [0.1, 0.15) is 66.1 Å². The Kier molecular flexibility index (Phi) is 9.46. The summed E-state index contributed by atoms with van der Waals surface area (Å²) in [5, 5.41) is 10.9. The van der Waals surface area contributed by atoms with E-state index in [1.54, 1.807) is 0 Å². The van der Waals surface area contributed by atoms with Crippen LogP contribution in [0.15, 0.2) is 23.0 Å². The summed E-state index contributed by atoms with van der Waals surface area (Å²) in [7, 11) is 0. The van der Waals surface area contributed by atoms with E-state index >= 15 is 0 Å². The van der Waals surface area contributed by atoms with Crippen molar-refractivity contribution in [2.24, 2.45) is 0 Å². The van der Waals surface area contributed by atoms with E-state index in [1.807, 2.05) is 41.5 Å². The lowest BCUT2D eigenvalue weighted by Crippen LogP contribution is -2.11. The standard InChI is InChI=1S/C11H9N3O3.3C2H6/c15-11-8-5-7(14(16)17)3-4-9(8)12-10(13-11)6-1-2-6;3*1-2/h3-6H,1-2H2,(H,12,13,15);3*1-2H3. The summed E-state index contributed by atoms with van der Waals surface area (Å²) in [6, 6.07) is 4.15. The Balaban J connectivity index is 0.000000728. The Morgan fingerprint density at radius 3 is 2.17 bits per heavy atom. The summed E-state index contributed by atoms with van der Waals surface area (Å²) in [5.41, 5.74) is 0.117. The number of hydrogen-bond donors (Lipinski definition) is 1. The van der Waals surface area contributed by atoms with Crippen molar-refractivity contribution >= 4 is 16.6 Å². The highest BCUT2D eigenvalue weighted by atomic mass is 16.6. The Morgan fingerprint density at radius 2 is 1.70 bits per heavy atom. The molecule has 2 aromatic rings. The number of hydrogen-bond acceptors (Lipinski definition) is 4. The van der Waals surface area contributed by atoms with Gasteiger partial charge in [0.1, 0.15) is 5.82 Å². The van der Waals surface area contributed by atoms with Crippen molar-refractivity contribution in [3.05, 3.63) is 44.5 Å². The van der Waals surface area contributed by atoms with Crippen molar-refractivity contribution < 1.29 is 4.92 Å². The molecule has 128 valence electrons. The molecule has 0 bridgehead atoms. The summed E-state index contributed by atoms with van der Waals surface area (Å²) in [4.78, 5) is 28.9. The highest BCUT2D eigenvalue weighted by Crippen LogP contribution is 2.37. The number of rotatable bonds is 2. The fourth-order valence-corrected chi connectivity index (χ4v) is 1.81. The van der Waals surface area contributed by atoms with Gasteiger partial charge in [-0.05, 0) is 18.9 Å². The minimum Gasteiger partial charge on any atom is -0.310 e. The van der Waals surface area contributed by atoms with Gasteiger partial charge in [0, 0.05) is 18.1 Å². The molecule has 23 heavy (non-hydrogen) atoms. The van der Waals surface area contributed by atoms with Crippen LogP contribution in [0.25, 0.3) is 10.9 Å². The molecule has 1 aliphatic carbocycles. The van der Waals surface area contributed by atoms with E-state index in [-0.39, 0.29) is 16.6 Å². The molecule has 3 rings (SSSR count). The average Bonchev–Trinajstić information content (AvgIpc) is 3.45. The van der Waals surface area contributed by atoms with Crippen LogP contribution in [-0.4, -0.2) is 14.9 Å². The van der Waals surface area contributed by atoms with Crippen molar-refractivity contribution in [1.29, 1.82) is 0 Å². The summed E-state index contributed by atoms with van der Waals surface area (Å²) >= 11 is 0. The third-order valence-corrected chi connectivity index (χ3v) is 2.88. The molecule has 1 aliphatic rings. The number of aromatic amines is 1. The molecule has 0 radical (unpaired) electrons. The first-order valence-corrected chi connectivity index (χ1v) is 8.33. The molecule has 0 saturated heterocycles. The van der Waals surface area contributed by atoms with Crippen molar-refractivity contribution in [3.63, 3.8) is 0 Å². The van der Waals surface area contributed by atoms with E-state index in [2.05, 4.69) is 9.97 Å². The number of aromatic nitrogens is 2. The second kappa shape index (κ2) is 10.5. The maximum atomic E-state index is 11.8. The zero-order chi connectivity index (χ0) is 18.0. The Bertz CT molecular complexity index is 676. The molecule has 6 heteroatoms. The average molecular weight is 321 g/mol. The molecule has 0 aliphatic heterocycles. The van der Waals surface area contributed by atoms with Gasteiger partial charge in [-0.25, -0.2) is 4.98 Å². The lowest BCUT2D eigenvalue weighted by atomic mass is 10.2. The number of benzene rings is 1. The number of nitrogens with zero attached hydrogens (tertiary/aromatic N) is 2. The molecular weight excluding hydrogens is 294 g/mol. The van der Waals surface area contributed by atoms with Crippen LogP contribution in [-0.2, 0) is 0 Å². The summed E-state index contributed by atoms with van der Waals surface area (Å²) in [6.07, 6.45) is 2.09. The third-order valence-electron chi connectivity index (χ3n) is 2.88. The first-order valence-electron chi connectivity index (χ1n) is 8.33. The van der Waals surface area contributed by atoms with Crippen LogP contribution in [0.3, 0.4) is 0 Å². The molecule has 1 N–H and O–H groups in total. The predicted molar refractivity (Wildman–Crippen MR) is 95.0 cm³/mol.